The molecule has 1 aromatic rings. The Kier molecular flexibility index (Phi) is 5.06. The van der Waals surface area contributed by atoms with Crippen molar-refractivity contribution in [2.45, 2.75) is 58.9 Å². The number of aryl methyl sites for hydroxylation is 1. The number of H-pyrrole nitrogens is 1. The third-order valence-corrected chi connectivity index (χ3v) is 4.33. The molecule has 1 unspecified atom stereocenters. The van der Waals surface area contributed by atoms with Crippen LogP contribution in [0.25, 0.3) is 0 Å². The van der Waals surface area contributed by atoms with Crippen LogP contribution in [0, 0.1) is 12.8 Å². The van der Waals surface area contributed by atoms with Gasteiger partial charge in [-0.2, -0.15) is 0 Å². The molecular formula is C17H26N2O3. The minimum absolute atomic E-state index is 0.0156. The van der Waals surface area contributed by atoms with Crippen LogP contribution >= 0.6 is 0 Å². The fourth-order valence-corrected chi connectivity index (χ4v) is 3.16. The molecular weight excluding hydrogens is 280 g/mol. The number of carbonyl (C=O) groups is 2. The number of amides is 1. The second-order valence-electron chi connectivity index (χ2n) is 6.55. The van der Waals surface area contributed by atoms with Gasteiger partial charge in [-0.3, -0.25) is 9.59 Å². The normalized spacial score (nSPS) is 15.9. The van der Waals surface area contributed by atoms with Crippen molar-refractivity contribution in [1.29, 1.82) is 0 Å². The van der Waals surface area contributed by atoms with E-state index >= 15 is 0 Å². The number of carbonyl (C=O) groups excluding carboxylic acids is 2. The van der Waals surface area contributed by atoms with Crippen molar-refractivity contribution in [3.63, 3.8) is 0 Å². The van der Waals surface area contributed by atoms with Gasteiger partial charge in [0.1, 0.15) is 5.69 Å². The van der Waals surface area contributed by atoms with Crippen molar-refractivity contribution in [2.24, 2.45) is 5.92 Å². The van der Waals surface area contributed by atoms with Crippen LogP contribution in [-0.2, 0) is 0 Å². The zero-order chi connectivity index (χ0) is 16.4. The van der Waals surface area contributed by atoms with E-state index in [-0.39, 0.29) is 30.3 Å². The molecule has 3 N–H and O–H groups in total. The van der Waals surface area contributed by atoms with E-state index < -0.39 is 0 Å². The molecule has 1 aliphatic rings. The second-order valence-corrected chi connectivity index (χ2v) is 6.55. The van der Waals surface area contributed by atoms with Crippen LogP contribution < -0.4 is 5.32 Å². The Hall–Kier alpha value is -1.62. The van der Waals surface area contributed by atoms with Gasteiger partial charge in [0, 0.05) is 23.9 Å². The molecule has 0 spiro atoms. The molecule has 0 aromatic carbocycles. The van der Waals surface area contributed by atoms with Crippen LogP contribution in [-0.4, -0.2) is 34.4 Å². The summed E-state index contributed by atoms with van der Waals surface area (Å²) in [6.07, 6.45) is 2.78. The fraction of sp³-hybridized carbons (Fsp3) is 0.647. The van der Waals surface area contributed by atoms with Crippen LogP contribution in [0.3, 0.4) is 0 Å². The minimum atomic E-state index is -0.176. The number of Topliss-reactive ketones (excluding diaryl/α,β-unsaturated/α-hetero) is 1. The third kappa shape index (κ3) is 3.40. The summed E-state index contributed by atoms with van der Waals surface area (Å²) in [4.78, 5) is 27.6. The summed E-state index contributed by atoms with van der Waals surface area (Å²) < 4.78 is 0. The number of ketones is 1. The summed E-state index contributed by atoms with van der Waals surface area (Å²) >= 11 is 0. The summed E-state index contributed by atoms with van der Waals surface area (Å²) in [6.45, 7) is 7.39. The van der Waals surface area contributed by atoms with Crippen molar-refractivity contribution in [1.82, 2.24) is 10.3 Å². The van der Waals surface area contributed by atoms with E-state index in [0.29, 0.717) is 23.6 Å². The van der Waals surface area contributed by atoms with Gasteiger partial charge in [-0.15, -0.1) is 0 Å². The standard InChI is InChI=1S/C17H26N2O3/c1-9(2)14-15(11(4)21)10(3)18-16(14)17(22)19-13(7-8-20)12-5-6-12/h9,12-13,18,20H,5-8H2,1-4H3,(H,19,22). The lowest BCUT2D eigenvalue weighted by Gasteiger charge is -2.18. The van der Waals surface area contributed by atoms with E-state index in [1.165, 1.54) is 6.92 Å². The molecule has 1 aromatic heterocycles. The molecule has 5 heteroatoms. The molecule has 122 valence electrons. The molecule has 1 amide bonds. The van der Waals surface area contributed by atoms with Crippen LogP contribution in [0.2, 0.25) is 0 Å². The van der Waals surface area contributed by atoms with Crippen LogP contribution in [0.1, 0.15) is 78.1 Å². The first kappa shape index (κ1) is 16.7. The lowest BCUT2D eigenvalue weighted by Crippen LogP contribution is -2.37. The molecule has 2 rings (SSSR count). The monoisotopic (exact) mass is 306 g/mol. The lowest BCUT2D eigenvalue weighted by atomic mass is 9.95. The smallest absolute Gasteiger partial charge is 0.268 e. The van der Waals surface area contributed by atoms with E-state index in [0.717, 1.165) is 24.1 Å². The first-order valence-electron chi connectivity index (χ1n) is 8.01. The highest BCUT2D eigenvalue weighted by Crippen LogP contribution is 2.34. The molecule has 0 aliphatic heterocycles. The largest absolute Gasteiger partial charge is 0.396 e. The molecule has 0 saturated heterocycles. The number of aliphatic hydroxyl groups is 1. The highest BCUT2D eigenvalue weighted by Gasteiger charge is 2.33. The lowest BCUT2D eigenvalue weighted by molar-refractivity contribution is 0.0918. The van der Waals surface area contributed by atoms with Gasteiger partial charge in [-0.25, -0.2) is 0 Å². The average Bonchev–Trinajstić information content (AvgIpc) is 3.20. The summed E-state index contributed by atoms with van der Waals surface area (Å²) in [5.41, 5.74) is 2.65. The minimum Gasteiger partial charge on any atom is -0.396 e. The summed E-state index contributed by atoms with van der Waals surface area (Å²) in [7, 11) is 0. The summed E-state index contributed by atoms with van der Waals surface area (Å²) in [6, 6.07) is 0.0156. The zero-order valence-corrected chi connectivity index (χ0v) is 13.8. The molecule has 1 aliphatic carbocycles. The SMILES string of the molecule is CC(=O)c1c(C)[nH]c(C(=O)NC(CCO)C2CC2)c1C(C)C. The van der Waals surface area contributed by atoms with Crippen LogP contribution in [0.15, 0.2) is 0 Å². The molecule has 22 heavy (non-hydrogen) atoms. The maximum atomic E-state index is 12.6. The van der Waals surface area contributed by atoms with Crippen LogP contribution in [0.5, 0.6) is 0 Å². The van der Waals surface area contributed by atoms with Crippen LogP contribution in [0.4, 0.5) is 0 Å². The molecule has 1 atom stereocenters. The molecule has 0 radical (unpaired) electrons. The topological polar surface area (TPSA) is 82.2 Å². The van der Waals surface area contributed by atoms with E-state index in [1.54, 1.807) is 0 Å². The third-order valence-electron chi connectivity index (χ3n) is 4.33. The van der Waals surface area contributed by atoms with Gasteiger partial charge in [0.05, 0.1) is 0 Å². The van der Waals surface area contributed by atoms with Crippen molar-refractivity contribution in [3.05, 3.63) is 22.5 Å². The predicted molar refractivity (Wildman–Crippen MR) is 85.3 cm³/mol. The molecule has 1 saturated carbocycles. The number of hydrogen-bond donors (Lipinski definition) is 3. The second kappa shape index (κ2) is 6.65. The van der Waals surface area contributed by atoms with Gasteiger partial charge in [-0.05, 0) is 50.5 Å². The van der Waals surface area contributed by atoms with Gasteiger partial charge in [0.25, 0.3) is 5.91 Å². The van der Waals surface area contributed by atoms with Crippen molar-refractivity contribution in [2.75, 3.05) is 6.61 Å². The Morgan fingerprint density at radius 1 is 1.36 bits per heavy atom. The predicted octanol–water partition coefficient (Wildman–Crippen LogP) is 2.54. The number of aromatic amines is 1. The molecule has 1 fully saturated rings. The van der Waals surface area contributed by atoms with E-state index in [1.807, 2.05) is 20.8 Å². The Morgan fingerprint density at radius 3 is 2.45 bits per heavy atom. The Balaban J connectivity index is 2.29. The van der Waals surface area contributed by atoms with E-state index in [4.69, 9.17) is 5.11 Å². The number of nitrogens with one attached hydrogen (secondary N) is 2. The van der Waals surface area contributed by atoms with Gasteiger partial charge in [-0.1, -0.05) is 13.8 Å². The Labute approximate surface area is 131 Å². The molecule has 0 bridgehead atoms. The van der Waals surface area contributed by atoms with Crippen molar-refractivity contribution in [3.8, 4) is 0 Å². The summed E-state index contributed by atoms with van der Waals surface area (Å²) in [5.74, 6) is 0.360. The molecule has 1 heterocycles. The number of hydrogen-bond acceptors (Lipinski definition) is 3. The van der Waals surface area contributed by atoms with Gasteiger partial charge in [0.2, 0.25) is 0 Å². The maximum absolute atomic E-state index is 12.6. The van der Waals surface area contributed by atoms with Gasteiger partial charge in [0.15, 0.2) is 5.78 Å². The highest BCUT2D eigenvalue weighted by atomic mass is 16.3. The first-order valence-corrected chi connectivity index (χ1v) is 8.01. The molecule has 5 nitrogen and oxygen atoms in total. The number of rotatable bonds is 7. The van der Waals surface area contributed by atoms with E-state index in [2.05, 4.69) is 10.3 Å². The fourth-order valence-electron chi connectivity index (χ4n) is 3.16. The van der Waals surface area contributed by atoms with E-state index in [9.17, 15) is 9.59 Å². The number of aliphatic hydroxyl groups excluding tert-OH is 1. The number of aromatic nitrogens is 1. The van der Waals surface area contributed by atoms with Crippen molar-refractivity contribution >= 4 is 11.7 Å². The average molecular weight is 306 g/mol. The maximum Gasteiger partial charge on any atom is 0.268 e. The summed E-state index contributed by atoms with van der Waals surface area (Å²) in [5, 5.41) is 12.2. The van der Waals surface area contributed by atoms with Gasteiger partial charge >= 0.3 is 0 Å². The van der Waals surface area contributed by atoms with Crippen molar-refractivity contribution < 1.29 is 14.7 Å². The highest BCUT2D eigenvalue weighted by molar-refractivity contribution is 6.03. The quantitative estimate of drug-likeness (QED) is 0.677. The van der Waals surface area contributed by atoms with Gasteiger partial charge < -0.3 is 15.4 Å². The Morgan fingerprint density at radius 2 is 2.00 bits per heavy atom. The zero-order valence-electron chi connectivity index (χ0n) is 13.8. The first-order chi connectivity index (χ1) is 10.4. The Bertz CT molecular complexity index is 571.